The maximum atomic E-state index is 13.2. The lowest BCUT2D eigenvalue weighted by Crippen LogP contribution is -2.37. The van der Waals surface area contributed by atoms with Gasteiger partial charge >= 0.3 is 0 Å². The molecule has 0 aliphatic carbocycles. The van der Waals surface area contributed by atoms with E-state index in [1.807, 2.05) is 0 Å². The zero-order valence-corrected chi connectivity index (χ0v) is 18.6. The van der Waals surface area contributed by atoms with Crippen LogP contribution < -0.4 is 5.32 Å². The fraction of sp³-hybridized carbons (Fsp3) is 0.0952. The van der Waals surface area contributed by atoms with E-state index in [-0.39, 0.29) is 11.4 Å². The molecular weight excluding hydrogens is 467 g/mol. The number of hydrogen-bond acceptors (Lipinski definition) is 3. The zero-order chi connectivity index (χ0) is 21.7. The summed E-state index contributed by atoms with van der Waals surface area (Å²) in [5.41, 5.74) is 0.991. The number of nitrogens with zero attached hydrogens (tertiary/aromatic N) is 1. The van der Waals surface area contributed by atoms with E-state index in [1.54, 1.807) is 60.7 Å². The van der Waals surface area contributed by atoms with E-state index in [0.29, 0.717) is 26.3 Å². The molecule has 0 radical (unpaired) electrons. The van der Waals surface area contributed by atoms with Gasteiger partial charge in [0.15, 0.2) is 0 Å². The van der Waals surface area contributed by atoms with Gasteiger partial charge in [0.1, 0.15) is 0 Å². The van der Waals surface area contributed by atoms with Crippen LogP contribution in [-0.4, -0.2) is 25.2 Å². The number of carbonyl (C=O) groups excluding carboxylic acids is 1. The number of rotatable bonds is 7. The van der Waals surface area contributed by atoms with Crippen molar-refractivity contribution in [3.63, 3.8) is 0 Å². The van der Waals surface area contributed by atoms with Crippen LogP contribution in [0, 0.1) is 0 Å². The minimum atomic E-state index is -3.96. The molecule has 0 aromatic heterocycles. The Bertz CT molecular complexity index is 1160. The van der Waals surface area contributed by atoms with Crippen LogP contribution in [0.3, 0.4) is 0 Å². The maximum absolute atomic E-state index is 13.2. The predicted molar refractivity (Wildman–Crippen MR) is 121 cm³/mol. The quantitative estimate of drug-likeness (QED) is 0.484. The van der Waals surface area contributed by atoms with E-state index in [1.165, 1.54) is 12.1 Å². The number of amides is 1. The van der Waals surface area contributed by atoms with Gasteiger partial charge in [0.25, 0.3) is 0 Å². The second-order valence-electron chi connectivity index (χ2n) is 6.36. The molecule has 3 rings (SSSR count). The van der Waals surface area contributed by atoms with Gasteiger partial charge < -0.3 is 5.32 Å². The number of anilines is 1. The Balaban J connectivity index is 1.89. The van der Waals surface area contributed by atoms with Gasteiger partial charge in [-0.15, -0.1) is 0 Å². The van der Waals surface area contributed by atoms with Crippen LogP contribution >= 0.6 is 34.8 Å². The Kier molecular flexibility index (Phi) is 7.39. The minimum absolute atomic E-state index is 0.0654. The number of para-hydroxylation sites is 1. The zero-order valence-electron chi connectivity index (χ0n) is 15.6. The first kappa shape index (κ1) is 22.6. The molecule has 0 atom stereocenters. The molecule has 0 aliphatic heterocycles. The van der Waals surface area contributed by atoms with Crippen LogP contribution in [-0.2, 0) is 21.4 Å². The largest absolute Gasteiger partial charge is 0.324 e. The van der Waals surface area contributed by atoms with Crippen molar-refractivity contribution in [1.29, 1.82) is 0 Å². The molecule has 0 unspecified atom stereocenters. The molecule has 1 N–H and O–H groups in total. The van der Waals surface area contributed by atoms with Crippen molar-refractivity contribution in [3.8, 4) is 0 Å². The maximum Gasteiger partial charge on any atom is 0.243 e. The summed E-state index contributed by atoms with van der Waals surface area (Å²) in [6, 6.07) is 19.4. The highest BCUT2D eigenvalue weighted by molar-refractivity contribution is 7.89. The van der Waals surface area contributed by atoms with Gasteiger partial charge in [0.2, 0.25) is 15.9 Å². The lowest BCUT2D eigenvalue weighted by Gasteiger charge is -2.22. The smallest absolute Gasteiger partial charge is 0.243 e. The molecule has 156 valence electrons. The van der Waals surface area contributed by atoms with E-state index in [9.17, 15) is 13.2 Å². The second kappa shape index (κ2) is 9.81. The number of carbonyl (C=O) groups is 1. The molecule has 1 amide bonds. The molecule has 0 fully saturated rings. The Morgan fingerprint density at radius 3 is 2.17 bits per heavy atom. The average Bonchev–Trinajstić information content (AvgIpc) is 2.72. The normalized spacial score (nSPS) is 11.5. The van der Waals surface area contributed by atoms with Crippen molar-refractivity contribution in [2.24, 2.45) is 0 Å². The summed E-state index contributed by atoms with van der Waals surface area (Å²) in [6.45, 7) is -0.479. The molecule has 5 nitrogen and oxygen atoms in total. The molecular formula is C21H17Cl3N2O3S. The summed E-state index contributed by atoms with van der Waals surface area (Å²) in [6.07, 6.45) is 0. The minimum Gasteiger partial charge on any atom is -0.324 e. The summed E-state index contributed by atoms with van der Waals surface area (Å²) in [5.74, 6) is -0.525. The summed E-state index contributed by atoms with van der Waals surface area (Å²) >= 11 is 18.1. The summed E-state index contributed by atoms with van der Waals surface area (Å²) < 4.78 is 27.5. The van der Waals surface area contributed by atoms with Gasteiger partial charge in [-0.1, -0.05) is 71.2 Å². The van der Waals surface area contributed by atoms with Gasteiger partial charge in [-0.2, -0.15) is 4.31 Å². The fourth-order valence-corrected chi connectivity index (χ4v) is 4.63. The predicted octanol–water partition coefficient (Wildman–Crippen LogP) is 5.48. The van der Waals surface area contributed by atoms with E-state index in [2.05, 4.69) is 5.32 Å². The Morgan fingerprint density at radius 1 is 0.833 bits per heavy atom. The van der Waals surface area contributed by atoms with Crippen molar-refractivity contribution in [2.45, 2.75) is 11.4 Å². The molecule has 0 saturated heterocycles. The molecule has 9 heteroatoms. The lowest BCUT2D eigenvalue weighted by molar-refractivity contribution is -0.116. The topological polar surface area (TPSA) is 66.5 Å². The van der Waals surface area contributed by atoms with Gasteiger partial charge in [-0.3, -0.25) is 4.79 Å². The monoisotopic (exact) mass is 482 g/mol. The molecule has 0 spiro atoms. The van der Waals surface area contributed by atoms with Crippen molar-refractivity contribution in [3.05, 3.63) is 93.4 Å². The third kappa shape index (κ3) is 5.53. The van der Waals surface area contributed by atoms with Crippen LogP contribution in [0.5, 0.6) is 0 Å². The van der Waals surface area contributed by atoms with Crippen molar-refractivity contribution in [1.82, 2.24) is 4.31 Å². The van der Waals surface area contributed by atoms with Gasteiger partial charge in [0.05, 0.1) is 32.2 Å². The Morgan fingerprint density at radius 2 is 1.50 bits per heavy atom. The third-order valence-corrected chi connectivity index (χ3v) is 7.07. The van der Waals surface area contributed by atoms with E-state index < -0.39 is 22.5 Å². The molecule has 3 aromatic carbocycles. The van der Waals surface area contributed by atoms with Crippen molar-refractivity contribution < 1.29 is 13.2 Å². The first-order chi connectivity index (χ1) is 14.3. The fourth-order valence-electron chi connectivity index (χ4n) is 2.72. The molecule has 0 bridgehead atoms. The number of nitrogens with one attached hydrogen (secondary N) is 1. The first-order valence-corrected chi connectivity index (χ1v) is 11.4. The second-order valence-corrected chi connectivity index (χ2v) is 9.52. The van der Waals surface area contributed by atoms with Crippen LogP contribution in [0.4, 0.5) is 5.69 Å². The third-order valence-electron chi connectivity index (χ3n) is 4.19. The summed E-state index contributed by atoms with van der Waals surface area (Å²) in [4.78, 5) is 12.7. The summed E-state index contributed by atoms with van der Waals surface area (Å²) in [5, 5.41) is 3.65. The van der Waals surface area contributed by atoms with Crippen molar-refractivity contribution in [2.75, 3.05) is 11.9 Å². The van der Waals surface area contributed by atoms with Gasteiger partial charge in [-0.05, 0) is 42.0 Å². The highest BCUT2D eigenvalue weighted by atomic mass is 35.5. The van der Waals surface area contributed by atoms with Crippen molar-refractivity contribution >= 4 is 56.4 Å². The Labute approximate surface area is 190 Å². The average molecular weight is 484 g/mol. The number of halogens is 3. The van der Waals surface area contributed by atoms with E-state index >= 15 is 0 Å². The van der Waals surface area contributed by atoms with E-state index in [4.69, 9.17) is 34.8 Å². The number of sulfonamides is 1. The SMILES string of the molecule is O=C(CN(Cc1ccc(Cl)c(Cl)c1)S(=O)(=O)c1ccccc1)Nc1ccccc1Cl. The van der Waals surface area contributed by atoms with Crippen LogP contribution in [0.25, 0.3) is 0 Å². The highest BCUT2D eigenvalue weighted by Gasteiger charge is 2.27. The Hall–Kier alpha value is -2.09. The van der Waals surface area contributed by atoms with Gasteiger partial charge in [-0.25, -0.2) is 8.42 Å². The molecule has 0 heterocycles. The molecule has 3 aromatic rings. The molecule has 0 aliphatic rings. The molecule has 0 saturated carbocycles. The highest BCUT2D eigenvalue weighted by Crippen LogP contribution is 2.25. The number of hydrogen-bond donors (Lipinski definition) is 1. The van der Waals surface area contributed by atoms with Crippen LogP contribution in [0.2, 0.25) is 15.1 Å². The summed E-state index contributed by atoms with van der Waals surface area (Å²) in [7, 11) is -3.96. The molecule has 30 heavy (non-hydrogen) atoms. The van der Waals surface area contributed by atoms with Crippen LogP contribution in [0.15, 0.2) is 77.7 Å². The lowest BCUT2D eigenvalue weighted by atomic mass is 10.2. The standard InChI is InChI=1S/C21H17Cl3N2O3S/c22-17-11-10-15(12-19(17)24)13-26(30(28,29)16-6-2-1-3-7-16)14-21(27)25-20-9-5-4-8-18(20)23/h1-12H,13-14H2,(H,25,27). The first-order valence-electron chi connectivity index (χ1n) is 8.81. The van der Waals surface area contributed by atoms with Gasteiger partial charge in [0, 0.05) is 6.54 Å². The van der Waals surface area contributed by atoms with E-state index in [0.717, 1.165) is 4.31 Å². The number of benzene rings is 3. The van der Waals surface area contributed by atoms with Crippen LogP contribution in [0.1, 0.15) is 5.56 Å².